The largest absolute Gasteiger partial charge is 0.466 e. The van der Waals surface area contributed by atoms with Gasteiger partial charge in [-0.3, -0.25) is 9.59 Å². The summed E-state index contributed by atoms with van der Waals surface area (Å²) in [5.74, 6) is 0.406. The van der Waals surface area contributed by atoms with Crippen molar-refractivity contribution in [1.29, 1.82) is 0 Å². The fourth-order valence-electron chi connectivity index (χ4n) is 1.91. The third-order valence-corrected chi connectivity index (χ3v) is 2.82. The summed E-state index contributed by atoms with van der Waals surface area (Å²) in [6.45, 7) is 13.4. The normalized spacial score (nSPS) is 14.5. The predicted molar refractivity (Wildman–Crippen MR) is 78.9 cm³/mol. The van der Waals surface area contributed by atoms with Crippen LogP contribution in [0.4, 0.5) is 0 Å². The zero-order chi connectivity index (χ0) is 15.3. The van der Waals surface area contributed by atoms with Gasteiger partial charge in [0, 0.05) is 26.4 Å². The van der Waals surface area contributed by atoms with Crippen molar-refractivity contribution >= 4 is 11.9 Å². The van der Waals surface area contributed by atoms with E-state index in [1.165, 1.54) is 0 Å². The first-order valence-electron chi connectivity index (χ1n) is 7.54. The molecular weight excluding hydrogens is 242 g/mol. The molecule has 1 saturated heterocycles. The Labute approximate surface area is 118 Å². The van der Waals surface area contributed by atoms with Crippen molar-refractivity contribution in [2.45, 2.75) is 60.8 Å². The van der Waals surface area contributed by atoms with Gasteiger partial charge in [-0.2, -0.15) is 0 Å². The van der Waals surface area contributed by atoms with Crippen molar-refractivity contribution in [2.24, 2.45) is 5.92 Å². The quantitative estimate of drug-likeness (QED) is 0.742. The lowest BCUT2D eigenvalue weighted by Gasteiger charge is -2.30. The molecule has 0 spiro atoms. The van der Waals surface area contributed by atoms with Crippen LogP contribution < -0.4 is 0 Å². The molecule has 1 fully saturated rings. The minimum Gasteiger partial charge on any atom is -0.466 e. The zero-order valence-electron chi connectivity index (χ0n) is 13.5. The molecule has 4 nitrogen and oxygen atoms in total. The molecule has 0 aromatic heterocycles. The van der Waals surface area contributed by atoms with Gasteiger partial charge < -0.3 is 9.64 Å². The maximum Gasteiger partial charge on any atom is 0.306 e. The Morgan fingerprint density at radius 3 is 1.95 bits per heavy atom. The molecule has 0 aromatic carbocycles. The molecule has 4 heteroatoms. The van der Waals surface area contributed by atoms with Gasteiger partial charge in [-0.1, -0.05) is 27.7 Å². The zero-order valence-corrected chi connectivity index (χ0v) is 13.5. The Kier molecular flexibility index (Phi) is 14.3. The summed E-state index contributed by atoms with van der Waals surface area (Å²) in [5.41, 5.74) is 0. The van der Waals surface area contributed by atoms with Crippen molar-refractivity contribution in [3.05, 3.63) is 0 Å². The highest BCUT2D eigenvalue weighted by molar-refractivity contribution is 5.73. The topological polar surface area (TPSA) is 46.6 Å². The maximum atomic E-state index is 11.2. The molecule has 19 heavy (non-hydrogen) atoms. The molecule has 1 aliphatic heterocycles. The van der Waals surface area contributed by atoms with Crippen LogP contribution in [-0.2, 0) is 14.3 Å². The summed E-state index contributed by atoms with van der Waals surface area (Å²) in [4.78, 5) is 24.1. The summed E-state index contributed by atoms with van der Waals surface area (Å²) in [5, 5.41) is 0. The Morgan fingerprint density at radius 1 is 1.11 bits per heavy atom. The molecule has 0 atom stereocenters. The van der Waals surface area contributed by atoms with E-state index in [-0.39, 0.29) is 11.9 Å². The van der Waals surface area contributed by atoms with Crippen molar-refractivity contribution in [1.82, 2.24) is 4.90 Å². The molecule has 1 aliphatic rings. The number of esters is 1. The minimum absolute atomic E-state index is 0.112. The van der Waals surface area contributed by atoms with E-state index in [0.717, 1.165) is 25.9 Å². The van der Waals surface area contributed by atoms with E-state index in [1.54, 1.807) is 6.92 Å². The van der Waals surface area contributed by atoms with Crippen LogP contribution in [-0.4, -0.2) is 36.5 Å². The van der Waals surface area contributed by atoms with Gasteiger partial charge in [-0.25, -0.2) is 0 Å². The van der Waals surface area contributed by atoms with Crippen LogP contribution in [0.25, 0.3) is 0 Å². The fourth-order valence-corrected chi connectivity index (χ4v) is 1.91. The highest BCUT2D eigenvalue weighted by atomic mass is 16.5. The number of hydrogen-bond acceptors (Lipinski definition) is 3. The monoisotopic (exact) mass is 273 g/mol. The Balaban J connectivity index is 0. The number of carbonyl (C=O) groups is 2. The number of hydrogen-bond donors (Lipinski definition) is 0. The SMILES string of the molecule is CC.CC.CCOC(=O)CC1CCN(C(C)=O)CC1. The number of amides is 1. The second kappa shape index (κ2) is 13.4. The molecule has 0 saturated carbocycles. The molecule has 0 radical (unpaired) electrons. The van der Waals surface area contributed by atoms with E-state index in [2.05, 4.69) is 0 Å². The fraction of sp³-hybridized carbons (Fsp3) is 0.867. The molecule has 0 aliphatic carbocycles. The first kappa shape index (κ1) is 20.3. The van der Waals surface area contributed by atoms with Gasteiger partial charge in [0.05, 0.1) is 6.61 Å². The van der Waals surface area contributed by atoms with Crippen LogP contribution in [0.3, 0.4) is 0 Å². The Bertz CT molecular complexity index is 234. The van der Waals surface area contributed by atoms with Crippen molar-refractivity contribution < 1.29 is 14.3 Å². The average Bonchev–Trinajstić information content (AvgIpc) is 2.44. The Hall–Kier alpha value is -1.06. The molecule has 0 bridgehead atoms. The van der Waals surface area contributed by atoms with E-state index < -0.39 is 0 Å². The molecule has 1 heterocycles. The summed E-state index contributed by atoms with van der Waals surface area (Å²) in [7, 11) is 0. The molecule has 1 rings (SSSR count). The minimum atomic E-state index is -0.112. The third-order valence-electron chi connectivity index (χ3n) is 2.82. The van der Waals surface area contributed by atoms with Gasteiger partial charge in [-0.05, 0) is 25.7 Å². The summed E-state index contributed by atoms with van der Waals surface area (Å²) in [6.07, 6.45) is 2.33. The number of ether oxygens (including phenoxy) is 1. The van der Waals surface area contributed by atoms with Crippen LogP contribution in [0.2, 0.25) is 0 Å². The van der Waals surface area contributed by atoms with E-state index in [1.807, 2.05) is 39.5 Å². The summed E-state index contributed by atoms with van der Waals surface area (Å²) < 4.78 is 4.90. The maximum absolute atomic E-state index is 11.2. The summed E-state index contributed by atoms with van der Waals surface area (Å²) >= 11 is 0. The molecule has 0 N–H and O–H groups in total. The lowest BCUT2D eigenvalue weighted by molar-refractivity contribution is -0.144. The van der Waals surface area contributed by atoms with E-state index in [4.69, 9.17) is 4.74 Å². The van der Waals surface area contributed by atoms with Crippen LogP contribution in [0.15, 0.2) is 0 Å². The van der Waals surface area contributed by atoms with Gasteiger partial charge in [0.15, 0.2) is 0 Å². The van der Waals surface area contributed by atoms with Gasteiger partial charge in [0.25, 0.3) is 0 Å². The van der Waals surface area contributed by atoms with Crippen molar-refractivity contribution in [2.75, 3.05) is 19.7 Å². The highest BCUT2D eigenvalue weighted by Crippen LogP contribution is 2.20. The van der Waals surface area contributed by atoms with Crippen LogP contribution >= 0.6 is 0 Å². The van der Waals surface area contributed by atoms with E-state index in [9.17, 15) is 9.59 Å². The van der Waals surface area contributed by atoms with Gasteiger partial charge >= 0.3 is 5.97 Å². The van der Waals surface area contributed by atoms with E-state index >= 15 is 0 Å². The molecule has 1 amide bonds. The number of likely N-dealkylation sites (tertiary alicyclic amines) is 1. The third kappa shape index (κ3) is 9.51. The van der Waals surface area contributed by atoms with Crippen molar-refractivity contribution in [3.8, 4) is 0 Å². The Morgan fingerprint density at radius 2 is 1.58 bits per heavy atom. The summed E-state index contributed by atoms with van der Waals surface area (Å²) in [6, 6.07) is 0. The second-order valence-electron chi connectivity index (χ2n) is 3.96. The molecule has 0 aromatic rings. The number of carbonyl (C=O) groups excluding carboxylic acids is 2. The highest BCUT2D eigenvalue weighted by Gasteiger charge is 2.22. The number of piperidine rings is 1. The molecular formula is C15H31NO3. The average molecular weight is 273 g/mol. The molecule has 114 valence electrons. The first-order valence-corrected chi connectivity index (χ1v) is 7.54. The van der Waals surface area contributed by atoms with Crippen LogP contribution in [0.5, 0.6) is 0 Å². The van der Waals surface area contributed by atoms with Crippen LogP contribution in [0, 0.1) is 5.92 Å². The first-order chi connectivity index (χ1) is 9.13. The van der Waals surface area contributed by atoms with Gasteiger partial charge in [-0.15, -0.1) is 0 Å². The van der Waals surface area contributed by atoms with Gasteiger partial charge in [0.1, 0.15) is 0 Å². The lowest BCUT2D eigenvalue weighted by Crippen LogP contribution is -2.37. The van der Waals surface area contributed by atoms with E-state index in [0.29, 0.717) is 18.9 Å². The van der Waals surface area contributed by atoms with Gasteiger partial charge in [0.2, 0.25) is 5.91 Å². The van der Waals surface area contributed by atoms with Crippen molar-refractivity contribution in [3.63, 3.8) is 0 Å². The number of rotatable bonds is 3. The molecule has 0 unspecified atom stereocenters. The standard InChI is InChI=1S/C11H19NO3.2C2H6/c1-3-15-11(14)8-10-4-6-12(7-5-10)9(2)13;2*1-2/h10H,3-8H2,1-2H3;2*1-2H3. The number of nitrogens with zero attached hydrogens (tertiary/aromatic N) is 1. The predicted octanol–water partition coefficient (Wildman–Crippen LogP) is 3.25. The second-order valence-corrected chi connectivity index (χ2v) is 3.96. The lowest BCUT2D eigenvalue weighted by atomic mass is 9.93. The van der Waals surface area contributed by atoms with Crippen LogP contribution in [0.1, 0.15) is 60.8 Å². The smallest absolute Gasteiger partial charge is 0.306 e.